The summed E-state index contributed by atoms with van der Waals surface area (Å²) in [6.07, 6.45) is 3.37. The van der Waals surface area contributed by atoms with Crippen LogP contribution >= 0.6 is 0 Å². The van der Waals surface area contributed by atoms with Crippen molar-refractivity contribution in [1.29, 1.82) is 0 Å². The molecule has 2 aliphatic heterocycles. The molecular formula is C37H42N2O6. The second-order valence-corrected chi connectivity index (χ2v) is 12.1. The quantitative estimate of drug-likeness (QED) is 0.224. The summed E-state index contributed by atoms with van der Waals surface area (Å²) in [6.45, 7) is 1.86. The van der Waals surface area contributed by atoms with Crippen molar-refractivity contribution in [2.24, 2.45) is 0 Å². The zero-order valence-electron chi connectivity index (χ0n) is 26.7. The lowest BCUT2D eigenvalue weighted by Gasteiger charge is -2.35. The minimum atomic E-state index is 0.0695. The Kier molecular flexibility index (Phi) is 8.79. The van der Waals surface area contributed by atoms with Crippen molar-refractivity contribution >= 4 is 0 Å². The Bertz CT molecular complexity index is 1670. The third-order valence-electron chi connectivity index (χ3n) is 9.36. The first kappa shape index (κ1) is 30.6. The van der Waals surface area contributed by atoms with E-state index in [0.29, 0.717) is 17.2 Å². The number of benzene rings is 4. The van der Waals surface area contributed by atoms with Gasteiger partial charge in [-0.3, -0.25) is 9.80 Å². The van der Waals surface area contributed by atoms with E-state index in [4.69, 9.17) is 18.9 Å². The summed E-state index contributed by atoms with van der Waals surface area (Å²) in [6, 6.07) is 21.6. The number of phenolic OH excluding ortho intramolecular Hbond substituents is 2. The van der Waals surface area contributed by atoms with Gasteiger partial charge >= 0.3 is 0 Å². The Morgan fingerprint density at radius 3 is 1.67 bits per heavy atom. The van der Waals surface area contributed by atoms with E-state index >= 15 is 0 Å². The third kappa shape index (κ3) is 6.26. The molecule has 0 spiro atoms. The fourth-order valence-corrected chi connectivity index (χ4v) is 6.72. The van der Waals surface area contributed by atoms with Crippen molar-refractivity contribution < 1.29 is 29.2 Å². The maximum Gasteiger partial charge on any atom is 0.169 e. The highest BCUT2D eigenvalue weighted by Crippen LogP contribution is 2.44. The molecule has 45 heavy (non-hydrogen) atoms. The molecule has 2 heterocycles. The van der Waals surface area contributed by atoms with E-state index in [1.165, 1.54) is 22.3 Å². The number of rotatable bonds is 9. The van der Waals surface area contributed by atoms with Crippen LogP contribution in [0, 0.1) is 0 Å². The number of ether oxygens (including phenoxy) is 4. The van der Waals surface area contributed by atoms with Crippen LogP contribution in [0.5, 0.6) is 40.2 Å². The highest BCUT2D eigenvalue weighted by atomic mass is 16.5. The molecule has 0 amide bonds. The van der Waals surface area contributed by atoms with E-state index in [1.54, 1.807) is 39.5 Å². The van der Waals surface area contributed by atoms with E-state index in [0.717, 1.165) is 61.4 Å². The smallest absolute Gasteiger partial charge is 0.169 e. The van der Waals surface area contributed by atoms with Crippen molar-refractivity contribution in [3.05, 3.63) is 100 Å². The molecule has 4 aromatic rings. The molecule has 2 N–H and O–H groups in total. The van der Waals surface area contributed by atoms with E-state index in [1.807, 2.05) is 24.3 Å². The Balaban J connectivity index is 1.30. The van der Waals surface area contributed by atoms with Gasteiger partial charge in [-0.05, 0) is 122 Å². The minimum Gasteiger partial charge on any atom is -0.508 e. The van der Waals surface area contributed by atoms with Gasteiger partial charge in [0.15, 0.2) is 34.5 Å². The van der Waals surface area contributed by atoms with Crippen molar-refractivity contribution in [1.82, 2.24) is 9.80 Å². The van der Waals surface area contributed by atoms with Gasteiger partial charge in [-0.15, -0.1) is 0 Å². The second kappa shape index (κ2) is 12.9. The molecule has 0 saturated carbocycles. The van der Waals surface area contributed by atoms with Gasteiger partial charge < -0.3 is 29.2 Å². The molecule has 6 rings (SSSR count). The molecule has 0 aromatic heterocycles. The monoisotopic (exact) mass is 610 g/mol. The molecular weight excluding hydrogens is 568 g/mol. The fourth-order valence-electron chi connectivity index (χ4n) is 6.72. The van der Waals surface area contributed by atoms with Crippen LogP contribution in [0.4, 0.5) is 0 Å². The lowest BCUT2D eigenvalue weighted by molar-refractivity contribution is 0.227. The first-order valence-corrected chi connectivity index (χ1v) is 15.4. The van der Waals surface area contributed by atoms with Gasteiger partial charge in [-0.25, -0.2) is 0 Å². The maximum absolute atomic E-state index is 10.9. The van der Waals surface area contributed by atoms with Gasteiger partial charge in [-0.1, -0.05) is 18.2 Å². The first-order valence-electron chi connectivity index (χ1n) is 15.4. The van der Waals surface area contributed by atoms with Crippen LogP contribution in [0.3, 0.4) is 0 Å². The number of likely N-dealkylation sites (N-methyl/N-ethyl adjacent to an activating group) is 2. The summed E-state index contributed by atoms with van der Waals surface area (Å²) in [5.41, 5.74) is 7.07. The van der Waals surface area contributed by atoms with Gasteiger partial charge in [0.25, 0.3) is 0 Å². The first-order chi connectivity index (χ1) is 21.8. The highest BCUT2D eigenvalue weighted by molar-refractivity contribution is 5.54. The van der Waals surface area contributed by atoms with Crippen LogP contribution < -0.4 is 18.9 Å². The predicted octanol–water partition coefficient (Wildman–Crippen LogP) is 6.46. The van der Waals surface area contributed by atoms with Crippen molar-refractivity contribution in [3.8, 4) is 40.2 Å². The maximum atomic E-state index is 10.9. The molecule has 8 heteroatoms. The number of nitrogens with zero attached hydrogens (tertiary/aromatic N) is 2. The van der Waals surface area contributed by atoms with Crippen LogP contribution in [-0.2, 0) is 25.7 Å². The van der Waals surface area contributed by atoms with E-state index < -0.39 is 0 Å². The topological polar surface area (TPSA) is 83.9 Å². The van der Waals surface area contributed by atoms with Crippen molar-refractivity contribution in [2.75, 3.05) is 48.5 Å². The molecule has 0 saturated heterocycles. The summed E-state index contributed by atoms with van der Waals surface area (Å²) in [5, 5.41) is 20.7. The number of phenols is 2. The van der Waals surface area contributed by atoms with E-state index in [2.05, 4.69) is 48.2 Å². The number of hydrogen-bond donors (Lipinski definition) is 2. The lowest BCUT2D eigenvalue weighted by Crippen LogP contribution is -2.33. The van der Waals surface area contributed by atoms with Gasteiger partial charge in [0.2, 0.25) is 0 Å². The van der Waals surface area contributed by atoms with Gasteiger partial charge in [-0.2, -0.15) is 0 Å². The molecule has 0 aliphatic carbocycles. The SMILES string of the molecule is COc1cc2c(cc1OC)[C@H](Cc1ccc(O)c(Oc3cc4c(cc3OC)CCN(C)[C@H]4Cc3ccc(O)cc3)c1)N(C)CC2. The Labute approximate surface area is 265 Å². The second-order valence-electron chi connectivity index (χ2n) is 12.1. The van der Waals surface area contributed by atoms with Crippen LogP contribution in [0.15, 0.2) is 66.7 Å². The lowest BCUT2D eigenvalue weighted by atomic mass is 9.88. The molecule has 0 radical (unpaired) electrons. The zero-order valence-corrected chi connectivity index (χ0v) is 26.7. The third-order valence-corrected chi connectivity index (χ3v) is 9.36. The van der Waals surface area contributed by atoms with Gasteiger partial charge in [0, 0.05) is 25.2 Å². The number of aromatic hydroxyl groups is 2. The number of methoxy groups -OCH3 is 3. The minimum absolute atomic E-state index is 0.0695. The molecule has 2 aliphatic rings. The molecule has 236 valence electrons. The van der Waals surface area contributed by atoms with Gasteiger partial charge in [0.05, 0.1) is 21.3 Å². The van der Waals surface area contributed by atoms with Crippen LogP contribution in [0.25, 0.3) is 0 Å². The van der Waals surface area contributed by atoms with Crippen LogP contribution in [-0.4, -0.2) is 68.5 Å². The molecule has 2 atom stereocenters. The summed E-state index contributed by atoms with van der Waals surface area (Å²) >= 11 is 0. The molecule has 0 fully saturated rings. The fraction of sp³-hybridized carbons (Fsp3) is 0.351. The Hall–Kier alpha value is -4.40. The van der Waals surface area contributed by atoms with Crippen LogP contribution in [0.1, 0.15) is 45.5 Å². The normalized spacial score (nSPS) is 18.2. The largest absolute Gasteiger partial charge is 0.508 e. The van der Waals surface area contributed by atoms with E-state index in [9.17, 15) is 10.2 Å². The molecule has 0 unspecified atom stereocenters. The Morgan fingerprint density at radius 2 is 1.09 bits per heavy atom. The number of fused-ring (bicyclic) bond motifs is 2. The summed E-state index contributed by atoms with van der Waals surface area (Å²) in [7, 11) is 9.26. The van der Waals surface area contributed by atoms with Crippen molar-refractivity contribution in [3.63, 3.8) is 0 Å². The molecule has 0 bridgehead atoms. The number of hydrogen-bond acceptors (Lipinski definition) is 8. The van der Waals surface area contributed by atoms with E-state index in [-0.39, 0.29) is 23.6 Å². The van der Waals surface area contributed by atoms with Crippen LogP contribution in [0.2, 0.25) is 0 Å². The standard InChI is InChI=1S/C37H42N2O6/c1-38-14-13-26-20-35(43-4)37(22-29(26)30(38)16-23-6-9-27(40)10-7-23)45-33-18-24(8-11-32(33)41)17-31-28-21-36(44-5)34(42-3)19-25(28)12-15-39(31)2/h6-11,18-22,30-31,40-41H,12-17H2,1-5H3/t30-,31-/m0/s1. The van der Waals surface area contributed by atoms with Crippen molar-refractivity contribution in [2.45, 2.75) is 37.8 Å². The predicted molar refractivity (Wildman–Crippen MR) is 174 cm³/mol. The van der Waals surface area contributed by atoms with Gasteiger partial charge in [0.1, 0.15) is 5.75 Å². The molecule has 8 nitrogen and oxygen atoms in total. The highest BCUT2D eigenvalue weighted by Gasteiger charge is 2.29. The average Bonchev–Trinajstić information content (AvgIpc) is 3.05. The average molecular weight is 611 g/mol. The Morgan fingerprint density at radius 1 is 0.600 bits per heavy atom. The summed E-state index contributed by atoms with van der Waals surface area (Å²) in [4.78, 5) is 4.71. The summed E-state index contributed by atoms with van der Waals surface area (Å²) in [5.74, 6) is 3.38. The summed E-state index contributed by atoms with van der Waals surface area (Å²) < 4.78 is 23.4. The zero-order chi connectivity index (χ0) is 31.7. The molecule has 4 aromatic carbocycles.